The third-order valence-electron chi connectivity index (χ3n) is 2.10. The minimum atomic E-state index is -1.15. The Morgan fingerprint density at radius 1 is 1.38 bits per heavy atom. The van der Waals surface area contributed by atoms with Crippen molar-refractivity contribution in [2.45, 2.75) is 12.8 Å². The van der Waals surface area contributed by atoms with Crippen LogP contribution in [-0.2, 0) is 17.6 Å². The summed E-state index contributed by atoms with van der Waals surface area (Å²) in [6.45, 7) is -0.0561. The number of carbonyl (C=O) groups excluding carboxylic acids is 1. The monoisotopic (exact) mass is 221 g/mol. The van der Waals surface area contributed by atoms with Crippen molar-refractivity contribution in [1.82, 2.24) is 0 Å². The Labute approximate surface area is 93.5 Å². The predicted octanol–water partition coefficient (Wildman–Crippen LogP) is -0.224. The van der Waals surface area contributed by atoms with Gasteiger partial charge in [0.1, 0.15) is 5.75 Å². The van der Waals surface area contributed by atoms with Gasteiger partial charge in [-0.05, 0) is 23.6 Å². The number of rotatable bonds is 5. The van der Waals surface area contributed by atoms with Crippen molar-refractivity contribution in [3.63, 3.8) is 0 Å². The molecule has 1 rings (SSSR count). The summed E-state index contributed by atoms with van der Waals surface area (Å²) in [5.74, 6) is -1.03. The molecule has 0 bridgehead atoms. The number of aliphatic hydroxyl groups excluding tert-OH is 1. The minimum Gasteiger partial charge on any atom is -0.550 e. The zero-order valence-corrected chi connectivity index (χ0v) is 8.72. The van der Waals surface area contributed by atoms with Crippen molar-refractivity contribution in [3.05, 3.63) is 41.5 Å². The zero-order valence-electron chi connectivity index (χ0n) is 8.72. The lowest BCUT2D eigenvalue weighted by Gasteiger charge is -2.06. The number of carboxylic acids is 1. The fourth-order valence-electron chi connectivity index (χ4n) is 1.36. The summed E-state index contributed by atoms with van der Waals surface area (Å²) < 4.78 is 0. The molecule has 0 unspecified atom stereocenters. The summed E-state index contributed by atoms with van der Waals surface area (Å²) in [4.78, 5) is 10.4. The van der Waals surface area contributed by atoms with Crippen LogP contribution >= 0.6 is 0 Å². The third kappa shape index (κ3) is 3.74. The molecular formula is C12H13O4-. The highest BCUT2D eigenvalue weighted by molar-refractivity contribution is 5.68. The van der Waals surface area contributed by atoms with Gasteiger partial charge in [-0.3, -0.25) is 0 Å². The number of allylic oxidation sites excluding steroid dienone is 1. The predicted molar refractivity (Wildman–Crippen MR) is 56.7 cm³/mol. The Hall–Kier alpha value is -1.81. The average molecular weight is 221 g/mol. The first-order valence-corrected chi connectivity index (χ1v) is 4.90. The molecule has 0 atom stereocenters. The van der Waals surface area contributed by atoms with Gasteiger partial charge in [-0.25, -0.2) is 0 Å². The first-order chi connectivity index (χ1) is 7.63. The van der Waals surface area contributed by atoms with Crippen molar-refractivity contribution >= 4 is 5.97 Å². The number of phenols is 1. The summed E-state index contributed by atoms with van der Waals surface area (Å²) in [7, 11) is 0. The van der Waals surface area contributed by atoms with Crippen LogP contribution in [0.3, 0.4) is 0 Å². The first kappa shape index (κ1) is 12.3. The maximum absolute atomic E-state index is 10.4. The lowest BCUT2D eigenvalue weighted by Crippen LogP contribution is -2.24. The zero-order chi connectivity index (χ0) is 12.0. The molecule has 0 radical (unpaired) electrons. The van der Waals surface area contributed by atoms with Gasteiger partial charge >= 0.3 is 0 Å². The average Bonchev–Trinajstić information content (AvgIpc) is 2.22. The van der Waals surface area contributed by atoms with Gasteiger partial charge in [0.05, 0.1) is 6.61 Å². The SMILES string of the molecule is O=C([O-])Cc1ccc(O)c(C/C=C/CO)c1. The molecule has 1 aromatic carbocycles. The van der Waals surface area contributed by atoms with Crippen molar-refractivity contribution in [1.29, 1.82) is 0 Å². The van der Waals surface area contributed by atoms with Crippen LogP contribution in [0.2, 0.25) is 0 Å². The third-order valence-corrected chi connectivity index (χ3v) is 2.10. The second-order valence-electron chi connectivity index (χ2n) is 3.37. The molecule has 16 heavy (non-hydrogen) atoms. The minimum absolute atomic E-state index is 0.0561. The number of hydrogen-bond donors (Lipinski definition) is 2. The molecule has 0 saturated carbocycles. The molecule has 0 fully saturated rings. The van der Waals surface area contributed by atoms with E-state index in [0.717, 1.165) is 0 Å². The standard InChI is InChI=1S/C12H14O4/c13-6-2-1-3-10-7-9(8-12(15)16)4-5-11(10)14/h1-2,4-5,7,13-14H,3,6,8H2,(H,15,16)/p-1/b2-1+. The largest absolute Gasteiger partial charge is 0.550 e. The van der Waals surface area contributed by atoms with E-state index in [1.165, 1.54) is 6.07 Å². The number of aliphatic carboxylic acids is 1. The van der Waals surface area contributed by atoms with Crippen LogP contribution in [0.4, 0.5) is 0 Å². The maximum atomic E-state index is 10.4. The van der Waals surface area contributed by atoms with E-state index in [0.29, 0.717) is 17.5 Å². The maximum Gasteiger partial charge on any atom is 0.119 e. The molecule has 0 heterocycles. The number of hydrogen-bond acceptors (Lipinski definition) is 4. The molecule has 1 aromatic rings. The van der Waals surface area contributed by atoms with Crippen molar-refractivity contribution in [3.8, 4) is 5.75 Å². The Morgan fingerprint density at radius 3 is 2.75 bits per heavy atom. The molecule has 4 heteroatoms. The van der Waals surface area contributed by atoms with Gasteiger partial charge in [0.25, 0.3) is 0 Å². The number of benzene rings is 1. The molecule has 0 aliphatic carbocycles. The molecule has 0 amide bonds. The van der Waals surface area contributed by atoms with Gasteiger partial charge in [0.2, 0.25) is 0 Å². The molecule has 0 aromatic heterocycles. The van der Waals surface area contributed by atoms with E-state index in [1.807, 2.05) is 0 Å². The molecule has 4 nitrogen and oxygen atoms in total. The number of aromatic hydroxyl groups is 1. The molecular weight excluding hydrogens is 208 g/mol. The van der Waals surface area contributed by atoms with Crippen molar-refractivity contribution < 1.29 is 20.1 Å². The molecule has 0 aliphatic rings. The fraction of sp³-hybridized carbons (Fsp3) is 0.250. The van der Waals surface area contributed by atoms with Gasteiger partial charge < -0.3 is 20.1 Å². The van der Waals surface area contributed by atoms with Crippen LogP contribution in [0.5, 0.6) is 5.75 Å². The topological polar surface area (TPSA) is 80.6 Å². The van der Waals surface area contributed by atoms with E-state index in [4.69, 9.17) is 5.11 Å². The number of aliphatic hydroxyl groups is 1. The van der Waals surface area contributed by atoms with E-state index < -0.39 is 5.97 Å². The van der Waals surface area contributed by atoms with Gasteiger partial charge in [-0.1, -0.05) is 24.3 Å². The van der Waals surface area contributed by atoms with Crippen LogP contribution in [-0.4, -0.2) is 22.8 Å². The Balaban J connectivity index is 2.81. The van der Waals surface area contributed by atoms with E-state index >= 15 is 0 Å². The van der Waals surface area contributed by atoms with Crippen LogP contribution < -0.4 is 5.11 Å². The van der Waals surface area contributed by atoms with Crippen LogP contribution in [0.15, 0.2) is 30.4 Å². The molecule has 0 spiro atoms. The van der Waals surface area contributed by atoms with Gasteiger partial charge in [-0.15, -0.1) is 0 Å². The molecule has 86 valence electrons. The normalized spacial score (nSPS) is 10.8. The lowest BCUT2D eigenvalue weighted by molar-refractivity contribution is -0.304. The van der Waals surface area contributed by atoms with E-state index in [2.05, 4.69) is 0 Å². The molecule has 2 N–H and O–H groups in total. The molecule has 0 saturated heterocycles. The summed E-state index contributed by atoms with van der Waals surface area (Å²) in [5, 5.41) is 28.5. The second-order valence-corrected chi connectivity index (χ2v) is 3.37. The van der Waals surface area contributed by atoms with Gasteiger partial charge in [-0.2, -0.15) is 0 Å². The summed E-state index contributed by atoms with van der Waals surface area (Å²) in [6, 6.07) is 4.62. The van der Waals surface area contributed by atoms with Crippen LogP contribution in [0, 0.1) is 0 Å². The highest BCUT2D eigenvalue weighted by Gasteiger charge is 2.01. The summed E-state index contributed by atoms with van der Waals surface area (Å²) >= 11 is 0. The number of phenolic OH excluding ortho intramolecular Hbond substituents is 1. The van der Waals surface area contributed by atoms with Crippen LogP contribution in [0.1, 0.15) is 11.1 Å². The summed E-state index contributed by atoms with van der Waals surface area (Å²) in [6.07, 6.45) is 3.55. The summed E-state index contributed by atoms with van der Waals surface area (Å²) in [5.41, 5.74) is 1.22. The Morgan fingerprint density at radius 2 is 2.12 bits per heavy atom. The fourth-order valence-corrected chi connectivity index (χ4v) is 1.36. The highest BCUT2D eigenvalue weighted by Crippen LogP contribution is 2.19. The Kier molecular flexibility index (Phi) is 4.54. The Bertz CT molecular complexity index is 396. The van der Waals surface area contributed by atoms with Gasteiger partial charge in [0.15, 0.2) is 0 Å². The smallest absolute Gasteiger partial charge is 0.119 e. The van der Waals surface area contributed by atoms with E-state index in [1.54, 1.807) is 24.3 Å². The lowest BCUT2D eigenvalue weighted by atomic mass is 10.0. The quantitative estimate of drug-likeness (QED) is 0.673. The van der Waals surface area contributed by atoms with E-state index in [9.17, 15) is 15.0 Å². The highest BCUT2D eigenvalue weighted by atomic mass is 16.4. The van der Waals surface area contributed by atoms with Crippen molar-refractivity contribution in [2.75, 3.05) is 6.61 Å². The number of carbonyl (C=O) groups is 1. The first-order valence-electron chi connectivity index (χ1n) is 4.90. The van der Waals surface area contributed by atoms with Crippen molar-refractivity contribution in [2.24, 2.45) is 0 Å². The van der Waals surface area contributed by atoms with Gasteiger partial charge in [0, 0.05) is 12.4 Å². The second kappa shape index (κ2) is 5.92. The molecule has 0 aliphatic heterocycles. The van der Waals surface area contributed by atoms with Crippen LogP contribution in [0.25, 0.3) is 0 Å². The van der Waals surface area contributed by atoms with E-state index in [-0.39, 0.29) is 18.8 Å². The number of carboxylic acid groups (broad SMARTS) is 1.